The zero-order chi connectivity index (χ0) is 15.4. The van der Waals surface area contributed by atoms with Gasteiger partial charge in [0.2, 0.25) is 0 Å². The van der Waals surface area contributed by atoms with Gasteiger partial charge in [-0.05, 0) is 19.3 Å². The van der Waals surface area contributed by atoms with Crippen LogP contribution in [0.2, 0.25) is 0 Å². The predicted octanol–water partition coefficient (Wildman–Crippen LogP) is 1.20. The summed E-state index contributed by atoms with van der Waals surface area (Å²) in [6, 6.07) is -0.245. The number of hydrogen-bond donors (Lipinski definition) is 2. The highest BCUT2D eigenvalue weighted by Gasteiger charge is 2.28. The van der Waals surface area contributed by atoms with Gasteiger partial charge in [0, 0.05) is 32.5 Å². The van der Waals surface area contributed by atoms with Crippen LogP contribution in [0, 0.1) is 5.92 Å². The highest BCUT2D eigenvalue weighted by molar-refractivity contribution is 5.74. The Balaban J connectivity index is 1.86. The third-order valence-corrected chi connectivity index (χ3v) is 4.00. The zero-order valence-electron chi connectivity index (χ0n) is 12.5. The highest BCUT2D eigenvalue weighted by Crippen LogP contribution is 2.24. The van der Waals surface area contributed by atoms with Gasteiger partial charge in [0.25, 0.3) is 0 Å². The molecule has 0 radical (unpaired) electrons. The molecule has 7 nitrogen and oxygen atoms in total. The summed E-state index contributed by atoms with van der Waals surface area (Å²) < 4.78 is 1.87. The molecule has 2 unspecified atom stereocenters. The Morgan fingerprint density at radius 1 is 1.52 bits per heavy atom. The van der Waals surface area contributed by atoms with Crippen molar-refractivity contribution in [2.45, 2.75) is 38.3 Å². The van der Waals surface area contributed by atoms with Crippen LogP contribution in [-0.4, -0.2) is 44.6 Å². The van der Waals surface area contributed by atoms with Gasteiger partial charge in [0.15, 0.2) is 0 Å². The van der Waals surface area contributed by atoms with Crippen LogP contribution in [0.1, 0.15) is 31.5 Å². The molecule has 1 fully saturated rings. The number of amides is 2. The standard InChI is InChI=1S/C14H22N4O3/c1-17-7-6-15-12(17)9-18(2)14(21)16-11-5-3-4-10(8-11)13(19)20/h6-7,10-11H,3-5,8-9H2,1-2H3,(H,16,21)(H,19,20). The minimum absolute atomic E-state index is 0.0591. The number of hydrogen-bond acceptors (Lipinski definition) is 3. The minimum atomic E-state index is -0.768. The van der Waals surface area contributed by atoms with Crippen LogP contribution in [0.5, 0.6) is 0 Å². The molecule has 2 rings (SSSR count). The number of urea groups is 1. The van der Waals surface area contributed by atoms with Crippen LogP contribution in [0.4, 0.5) is 4.79 Å². The van der Waals surface area contributed by atoms with Crippen LogP contribution in [-0.2, 0) is 18.4 Å². The summed E-state index contributed by atoms with van der Waals surface area (Å²) in [4.78, 5) is 28.9. The lowest BCUT2D eigenvalue weighted by atomic mass is 9.86. The molecule has 2 amide bonds. The van der Waals surface area contributed by atoms with Gasteiger partial charge in [-0.25, -0.2) is 9.78 Å². The quantitative estimate of drug-likeness (QED) is 0.873. The number of aryl methyl sites for hydroxylation is 1. The number of nitrogens with zero attached hydrogens (tertiary/aromatic N) is 3. The molecule has 0 aromatic carbocycles. The van der Waals surface area contributed by atoms with E-state index in [9.17, 15) is 9.59 Å². The third-order valence-electron chi connectivity index (χ3n) is 4.00. The first-order valence-electron chi connectivity index (χ1n) is 7.18. The first-order valence-corrected chi connectivity index (χ1v) is 7.18. The first-order chi connectivity index (χ1) is 9.97. The number of aromatic nitrogens is 2. The molecule has 0 saturated heterocycles. The molecule has 0 aliphatic heterocycles. The van der Waals surface area contributed by atoms with Crippen molar-refractivity contribution in [3.63, 3.8) is 0 Å². The molecule has 0 bridgehead atoms. The molecular formula is C14H22N4O3. The van der Waals surface area contributed by atoms with E-state index in [-0.39, 0.29) is 18.0 Å². The molecule has 1 heterocycles. The molecule has 1 aromatic rings. The number of aliphatic carboxylic acids is 1. The summed E-state index contributed by atoms with van der Waals surface area (Å²) >= 11 is 0. The number of carboxylic acid groups (broad SMARTS) is 1. The number of carbonyl (C=O) groups is 2. The maximum Gasteiger partial charge on any atom is 0.317 e. The van der Waals surface area contributed by atoms with E-state index in [4.69, 9.17) is 5.11 Å². The number of rotatable bonds is 4. The second-order valence-electron chi connectivity index (χ2n) is 5.66. The monoisotopic (exact) mass is 294 g/mol. The molecule has 1 aromatic heterocycles. The number of carbonyl (C=O) groups excluding carboxylic acids is 1. The zero-order valence-corrected chi connectivity index (χ0v) is 12.5. The summed E-state index contributed by atoms with van der Waals surface area (Å²) in [5, 5.41) is 12.0. The normalized spacial score (nSPS) is 21.8. The maximum absolute atomic E-state index is 12.2. The van der Waals surface area contributed by atoms with Crippen LogP contribution < -0.4 is 5.32 Å². The van der Waals surface area contributed by atoms with Gasteiger partial charge in [0.1, 0.15) is 5.82 Å². The predicted molar refractivity (Wildman–Crippen MR) is 76.6 cm³/mol. The summed E-state index contributed by atoms with van der Waals surface area (Å²) in [6.07, 6.45) is 6.41. The van der Waals surface area contributed by atoms with Crippen LogP contribution in [0.25, 0.3) is 0 Å². The average Bonchev–Trinajstić information content (AvgIpc) is 2.84. The van der Waals surface area contributed by atoms with E-state index < -0.39 is 5.97 Å². The first kappa shape index (κ1) is 15.3. The Morgan fingerprint density at radius 3 is 2.90 bits per heavy atom. The Kier molecular flexibility index (Phi) is 4.82. The molecule has 1 aliphatic carbocycles. The summed E-state index contributed by atoms with van der Waals surface area (Å²) in [5.41, 5.74) is 0. The fourth-order valence-electron chi connectivity index (χ4n) is 2.66. The van der Waals surface area contributed by atoms with E-state index in [2.05, 4.69) is 10.3 Å². The van der Waals surface area contributed by atoms with E-state index in [0.29, 0.717) is 19.4 Å². The van der Waals surface area contributed by atoms with Crippen molar-refractivity contribution >= 4 is 12.0 Å². The van der Waals surface area contributed by atoms with Crippen molar-refractivity contribution in [3.8, 4) is 0 Å². The fraction of sp³-hybridized carbons (Fsp3) is 0.643. The lowest BCUT2D eigenvalue weighted by Gasteiger charge is -2.29. The third kappa shape index (κ3) is 3.96. The Morgan fingerprint density at radius 2 is 2.29 bits per heavy atom. The highest BCUT2D eigenvalue weighted by atomic mass is 16.4. The topological polar surface area (TPSA) is 87.5 Å². The molecule has 0 spiro atoms. The number of imidazole rings is 1. The maximum atomic E-state index is 12.2. The van der Waals surface area contributed by atoms with Crippen LogP contribution in [0.15, 0.2) is 12.4 Å². The molecule has 1 aliphatic rings. The molecule has 21 heavy (non-hydrogen) atoms. The van der Waals surface area contributed by atoms with E-state index in [0.717, 1.165) is 18.7 Å². The second kappa shape index (κ2) is 6.60. The van der Waals surface area contributed by atoms with Crippen molar-refractivity contribution in [1.82, 2.24) is 19.8 Å². The van der Waals surface area contributed by atoms with E-state index >= 15 is 0 Å². The SMILES string of the molecule is CN(Cc1nccn1C)C(=O)NC1CCCC(C(=O)O)C1. The Bertz CT molecular complexity index is 514. The van der Waals surface area contributed by atoms with Crippen LogP contribution in [0.3, 0.4) is 0 Å². The molecule has 1 saturated carbocycles. The van der Waals surface area contributed by atoms with Crippen molar-refractivity contribution in [3.05, 3.63) is 18.2 Å². The summed E-state index contributed by atoms with van der Waals surface area (Å²) in [5.74, 6) is -0.307. The van der Waals surface area contributed by atoms with Gasteiger partial charge in [-0.2, -0.15) is 0 Å². The molecule has 116 valence electrons. The van der Waals surface area contributed by atoms with Crippen molar-refractivity contribution in [2.24, 2.45) is 13.0 Å². The molecule has 2 N–H and O–H groups in total. The molecule has 7 heteroatoms. The lowest BCUT2D eigenvalue weighted by molar-refractivity contribution is -0.143. The largest absolute Gasteiger partial charge is 0.481 e. The Labute approximate surface area is 124 Å². The average molecular weight is 294 g/mol. The van der Waals surface area contributed by atoms with E-state index in [1.165, 1.54) is 0 Å². The van der Waals surface area contributed by atoms with Gasteiger partial charge in [-0.1, -0.05) is 6.42 Å². The minimum Gasteiger partial charge on any atom is -0.481 e. The van der Waals surface area contributed by atoms with Gasteiger partial charge in [-0.15, -0.1) is 0 Å². The van der Waals surface area contributed by atoms with Gasteiger partial charge in [-0.3, -0.25) is 4.79 Å². The second-order valence-corrected chi connectivity index (χ2v) is 5.66. The number of nitrogens with one attached hydrogen (secondary N) is 1. The summed E-state index contributed by atoms with van der Waals surface area (Å²) in [7, 11) is 3.59. The van der Waals surface area contributed by atoms with Crippen molar-refractivity contribution in [2.75, 3.05) is 7.05 Å². The smallest absolute Gasteiger partial charge is 0.317 e. The molecular weight excluding hydrogens is 272 g/mol. The molecule has 2 atom stereocenters. The van der Waals surface area contributed by atoms with Gasteiger partial charge >= 0.3 is 12.0 Å². The van der Waals surface area contributed by atoms with Gasteiger partial charge in [0.05, 0.1) is 12.5 Å². The van der Waals surface area contributed by atoms with E-state index in [1.807, 2.05) is 17.8 Å². The van der Waals surface area contributed by atoms with Gasteiger partial charge < -0.3 is 19.9 Å². The Hall–Kier alpha value is -2.05. The van der Waals surface area contributed by atoms with Crippen molar-refractivity contribution < 1.29 is 14.7 Å². The van der Waals surface area contributed by atoms with E-state index in [1.54, 1.807) is 18.1 Å². The lowest BCUT2D eigenvalue weighted by Crippen LogP contribution is -2.45. The summed E-state index contributed by atoms with van der Waals surface area (Å²) in [6.45, 7) is 0.421. The van der Waals surface area contributed by atoms with Crippen LogP contribution >= 0.6 is 0 Å². The number of carboxylic acids is 1. The van der Waals surface area contributed by atoms with Crippen molar-refractivity contribution in [1.29, 1.82) is 0 Å². The fourth-order valence-corrected chi connectivity index (χ4v) is 2.66.